The summed E-state index contributed by atoms with van der Waals surface area (Å²) in [4.78, 5) is 24.3. The van der Waals surface area contributed by atoms with Gasteiger partial charge in [-0.3, -0.25) is 14.5 Å². The molecule has 1 aromatic carbocycles. The minimum atomic E-state index is -0.404. The molecule has 0 spiro atoms. The second-order valence-electron chi connectivity index (χ2n) is 4.00. The fourth-order valence-electron chi connectivity index (χ4n) is 1.58. The highest BCUT2D eigenvalue weighted by molar-refractivity contribution is 7.80. The molecular weight excluding hydrogens is 278 g/mol. The molecule has 0 aromatic heterocycles. The predicted octanol–water partition coefficient (Wildman–Crippen LogP) is 1.72. The number of nitrogens with zero attached hydrogens (tertiary/aromatic N) is 1. The zero-order valence-corrected chi connectivity index (χ0v) is 12.3. The van der Waals surface area contributed by atoms with E-state index >= 15 is 0 Å². The maximum absolute atomic E-state index is 11.9. The topological polar surface area (TPSA) is 66.8 Å². The third kappa shape index (κ3) is 4.31. The van der Waals surface area contributed by atoms with Gasteiger partial charge in [-0.05, 0) is 23.8 Å². The summed E-state index contributed by atoms with van der Waals surface area (Å²) in [5.74, 6) is 0.0250. The maximum atomic E-state index is 11.9. The van der Waals surface area contributed by atoms with E-state index in [0.29, 0.717) is 17.1 Å². The van der Waals surface area contributed by atoms with Crippen LogP contribution in [0.3, 0.4) is 0 Å². The Kier molecular flexibility index (Phi) is 6.11. The molecule has 5 nitrogen and oxygen atoms in total. The minimum Gasteiger partial charge on any atom is -0.504 e. The number of phenols is 1. The van der Waals surface area contributed by atoms with Crippen LogP contribution in [-0.2, 0) is 9.59 Å². The predicted molar refractivity (Wildman–Crippen MR) is 79.9 cm³/mol. The molecule has 0 aliphatic heterocycles. The molecule has 0 aliphatic rings. The summed E-state index contributed by atoms with van der Waals surface area (Å²) in [7, 11) is 1.44. The second-order valence-corrected chi connectivity index (χ2v) is 4.44. The van der Waals surface area contributed by atoms with Crippen LogP contribution in [0.4, 0.5) is 0 Å². The summed E-state index contributed by atoms with van der Waals surface area (Å²) in [5.41, 5.74) is 0.683. The lowest BCUT2D eigenvalue weighted by molar-refractivity contribution is -0.140. The highest BCUT2D eigenvalue weighted by Crippen LogP contribution is 2.26. The van der Waals surface area contributed by atoms with Crippen molar-refractivity contribution in [1.29, 1.82) is 0 Å². The number of aromatic hydroxyl groups is 1. The summed E-state index contributed by atoms with van der Waals surface area (Å²) in [6.07, 6.45) is 2.86. The van der Waals surface area contributed by atoms with Gasteiger partial charge in [0.1, 0.15) is 0 Å². The van der Waals surface area contributed by atoms with Crippen LogP contribution in [0.15, 0.2) is 24.3 Å². The quantitative estimate of drug-likeness (QED) is 0.641. The number of carbonyl (C=O) groups excluding carboxylic acids is 2. The summed E-state index contributed by atoms with van der Waals surface area (Å²) >= 11 is 4.01. The Labute approximate surface area is 123 Å². The van der Waals surface area contributed by atoms with Gasteiger partial charge < -0.3 is 9.84 Å². The molecule has 0 saturated heterocycles. The van der Waals surface area contributed by atoms with E-state index in [9.17, 15) is 14.7 Å². The summed E-state index contributed by atoms with van der Waals surface area (Å²) in [6.45, 7) is 1.60. The van der Waals surface area contributed by atoms with Gasteiger partial charge in [-0.1, -0.05) is 6.07 Å². The zero-order chi connectivity index (χ0) is 15.1. The largest absolute Gasteiger partial charge is 0.504 e. The minimum absolute atomic E-state index is 0.0245. The molecule has 0 bridgehead atoms. The van der Waals surface area contributed by atoms with Crippen molar-refractivity contribution in [2.75, 3.05) is 19.4 Å². The monoisotopic (exact) mass is 295 g/mol. The summed E-state index contributed by atoms with van der Waals surface area (Å²) in [6, 6.07) is 4.70. The standard InChI is InChI=1S/C14H17NO4S/c1-10(16)15(7-8-20)14(18)6-4-11-3-5-12(17)13(9-11)19-2/h3-6,9,17,20H,7-8H2,1-2H3/b6-4+. The number of ether oxygens (including phenoxy) is 1. The third-order valence-corrected chi connectivity index (χ3v) is 2.79. The van der Waals surface area contributed by atoms with Crippen molar-refractivity contribution in [3.05, 3.63) is 29.8 Å². The molecule has 108 valence electrons. The number of hydrogen-bond acceptors (Lipinski definition) is 5. The Morgan fingerprint density at radius 1 is 1.45 bits per heavy atom. The van der Waals surface area contributed by atoms with E-state index in [2.05, 4.69) is 12.6 Å². The summed E-state index contributed by atoms with van der Waals surface area (Å²) < 4.78 is 4.97. The molecule has 0 fully saturated rings. The molecule has 0 heterocycles. The van der Waals surface area contributed by atoms with Gasteiger partial charge >= 0.3 is 0 Å². The van der Waals surface area contributed by atoms with Crippen molar-refractivity contribution in [1.82, 2.24) is 4.90 Å². The molecule has 0 aliphatic carbocycles. The third-order valence-electron chi connectivity index (χ3n) is 2.59. The molecular formula is C14H17NO4S. The van der Waals surface area contributed by atoms with Crippen LogP contribution in [0.25, 0.3) is 6.08 Å². The average Bonchev–Trinajstić information content (AvgIpc) is 2.43. The first-order valence-corrected chi connectivity index (χ1v) is 6.61. The van der Waals surface area contributed by atoms with Crippen LogP contribution in [0.1, 0.15) is 12.5 Å². The van der Waals surface area contributed by atoms with E-state index in [1.165, 1.54) is 26.2 Å². The number of imide groups is 1. The van der Waals surface area contributed by atoms with Gasteiger partial charge in [0.15, 0.2) is 11.5 Å². The van der Waals surface area contributed by atoms with Gasteiger partial charge in [0, 0.05) is 25.3 Å². The molecule has 0 unspecified atom stereocenters. The average molecular weight is 295 g/mol. The first kappa shape index (κ1) is 16.1. The molecule has 0 saturated carbocycles. The first-order chi connectivity index (χ1) is 9.49. The molecule has 1 rings (SSSR count). The molecule has 0 atom stereocenters. The normalized spacial score (nSPS) is 10.6. The smallest absolute Gasteiger partial charge is 0.253 e. The Bertz CT molecular complexity index is 528. The molecule has 0 radical (unpaired) electrons. The number of hydrogen-bond donors (Lipinski definition) is 2. The zero-order valence-electron chi connectivity index (χ0n) is 11.4. The van der Waals surface area contributed by atoms with Crippen LogP contribution in [0, 0.1) is 0 Å². The number of carbonyl (C=O) groups is 2. The van der Waals surface area contributed by atoms with E-state index < -0.39 is 5.91 Å². The van der Waals surface area contributed by atoms with Gasteiger partial charge in [-0.25, -0.2) is 0 Å². The number of methoxy groups -OCH3 is 1. The SMILES string of the molecule is COc1cc(/C=C/C(=O)N(CCS)C(C)=O)ccc1O. The van der Waals surface area contributed by atoms with E-state index in [1.54, 1.807) is 18.2 Å². The second kappa shape index (κ2) is 7.59. The van der Waals surface area contributed by atoms with E-state index in [4.69, 9.17) is 4.74 Å². The van der Waals surface area contributed by atoms with Crippen molar-refractivity contribution in [2.24, 2.45) is 0 Å². The number of thiol groups is 1. The Morgan fingerprint density at radius 3 is 2.70 bits per heavy atom. The summed E-state index contributed by atoms with van der Waals surface area (Å²) in [5, 5.41) is 9.47. The van der Waals surface area contributed by atoms with Gasteiger partial charge in [-0.2, -0.15) is 12.6 Å². The molecule has 1 aromatic rings. The van der Waals surface area contributed by atoms with Crippen molar-refractivity contribution >= 4 is 30.5 Å². The van der Waals surface area contributed by atoms with E-state index in [-0.39, 0.29) is 18.2 Å². The highest BCUT2D eigenvalue weighted by Gasteiger charge is 2.13. The number of benzene rings is 1. The lowest BCUT2D eigenvalue weighted by Gasteiger charge is -2.15. The van der Waals surface area contributed by atoms with Crippen LogP contribution < -0.4 is 4.74 Å². The van der Waals surface area contributed by atoms with E-state index in [0.717, 1.165) is 4.90 Å². The molecule has 2 amide bonds. The van der Waals surface area contributed by atoms with Gasteiger partial charge in [0.2, 0.25) is 5.91 Å². The fraction of sp³-hybridized carbons (Fsp3) is 0.286. The molecule has 6 heteroatoms. The number of amides is 2. The molecule has 20 heavy (non-hydrogen) atoms. The van der Waals surface area contributed by atoms with Gasteiger partial charge in [-0.15, -0.1) is 0 Å². The van der Waals surface area contributed by atoms with Crippen molar-refractivity contribution in [2.45, 2.75) is 6.92 Å². The fourth-order valence-corrected chi connectivity index (χ4v) is 1.78. The Hall–Kier alpha value is -1.95. The van der Waals surface area contributed by atoms with E-state index in [1.807, 2.05) is 0 Å². The van der Waals surface area contributed by atoms with Gasteiger partial charge in [0.25, 0.3) is 5.91 Å². The Morgan fingerprint density at radius 2 is 2.15 bits per heavy atom. The van der Waals surface area contributed by atoms with Crippen molar-refractivity contribution < 1.29 is 19.4 Å². The molecule has 1 N–H and O–H groups in total. The lowest BCUT2D eigenvalue weighted by atomic mass is 10.2. The van der Waals surface area contributed by atoms with Crippen molar-refractivity contribution in [3.63, 3.8) is 0 Å². The van der Waals surface area contributed by atoms with Crippen LogP contribution in [0.5, 0.6) is 11.5 Å². The first-order valence-electron chi connectivity index (χ1n) is 5.97. The Balaban J connectivity index is 2.86. The number of rotatable bonds is 5. The lowest BCUT2D eigenvalue weighted by Crippen LogP contribution is -2.35. The maximum Gasteiger partial charge on any atom is 0.253 e. The van der Waals surface area contributed by atoms with Gasteiger partial charge in [0.05, 0.1) is 7.11 Å². The van der Waals surface area contributed by atoms with Crippen LogP contribution in [-0.4, -0.2) is 41.2 Å². The van der Waals surface area contributed by atoms with Crippen molar-refractivity contribution in [3.8, 4) is 11.5 Å². The number of phenolic OH excluding ortho intramolecular Hbond substituents is 1. The highest BCUT2D eigenvalue weighted by atomic mass is 32.1. The van der Waals surface area contributed by atoms with Crippen LogP contribution >= 0.6 is 12.6 Å². The van der Waals surface area contributed by atoms with Crippen LogP contribution in [0.2, 0.25) is 0 Å².